The van der Waals surface area contributed by atoms with E-state index in [9.17, 15) is 9.18 Å². The highest BCUT2D eigenvalue weighted by Crippen LogP contribution is 2.53. The number of carbonyl (C=O) groups is 1. The zero-order valence-corrected chi connectivity index (χ0v) is 16.6. The summed E-state index contributed by atoms with van der Waals surface area (Å²) in [5, 5.41) is 9.09. The molecule has 0 radical (unpaired) electrons. The van der Waals surface area contributed by atoms with Crippen molar-refractivity contribution in [3.05, 3.63) is 35.1 Å². The van der Waals surface area contributed by atoms with Crippen LogP contribution in [0.4, 0.5) is 4.39 Å². The van der Waals surface area contributed by atoms with Crippen molar-refractivity contribution in [2.24, 2.45) is 5.41 Å². The first-order valence-corrected chi connectivity index (χ1v) is 11.7. The van der Waals surface area contributed by atoms with Crippen LogP contribution in [0.2, 0.25) is 19.1 Å². The first-order valence-electron chi connectivity index (χ1n) is 8.58. The number of halogens is 1. The summed E-state index contributed by atoms with van der Waals surface area (Å²) < 4.78 is 21.2. The molecule has 0 spiro atoms. The van der Waals surface area contributed by atoms with E-state index in [1.54, 1.807) is 19.1 Å². The van der Waals surface area contributed by atoms with Crippen LogP contribution >= 0.6 is 0 Å². The highest BCUT2D eigenvalue weighted by molar-refractivity contribution is 6.71. The third-order valence-corrected chi connectivity index (χ3v) is 7.34. The summed E-state index contributed by atoms with van der Waals surface area (Å²) in [5.41, 5.74) is 0.755. The molecule has 1 unspecified atom stereocenters. The largest absolute Gasteiger partial charge is 0.481 e. The molecule has 1 aromatic carbocycles. The molecule has 1 saturated carbocycles. The lowest BCUT2D eigenvalue weighted by Crippen LogP contribution is -2.39. The van der Waals surface area contributed by atoms with E-state index < -0.39 is 25.8 Å². The molecule has 0 bridgehead atoms. The Bertz CT molecular complexity index is 630. The molecule has 0 saturated heterocycles. The van der Waals surface area contributed by atoms with E-state index in [0.717, 1.165) is 18.9 Å². The first kappa shape index (κ1) is 19.1. The Labute approximate surface area is 145 Å². The van der Waals surface area contributed by atoms with Crippen LogP contribution in [-0.2, 0) is 14.8 Å². The second kappa shape index (κ2) is 6.26. The van der Waals surface area contributed by atoms with Crippen LogP contribution in [0.5, 0.6) is 0 Å². The molecule has 0 heterocycles. The van der Waals surface area contributed by atoms with Gasteiger partial charge in [-0.1, -0.05) is 32.9 Å². The number of aliphatic carboxylic acids is 1. The first-order chi connectivity index (χ1) is 10.9. The van der Waals surface area contributed by atoms with Crippen LogP contribution < -0.4 is 0 Å². The normalized spacial score (nSPS) is 18.3. The van der Waals surface area contributed by atoms with Gasteiger partial charge in [0, 0.05) is 5.56 Å². The Morgan fingerprint density at radius 3 is 2.38 bits per heavy atom. The van der Waals surface area contributed by atoms with Crippen molar-refractivity contribution in [3.8, 4) is 0 Å². The second-order valence-corrected chi connectivity index (χ2v) is 13.0. The van der Waals surface area contributed by atoms with Crippen molar-refractivity contribution in [2.45, 2.75) is 71.2 Å². The van der Waals surface area contributed by atoms with Crippen LogP contribution in [0.1, 0.15) is 57.6 Å². The van der Waals surface area contributed by atoms with Crippen LogP contribution in [0.3, 0.4) is 0 Å². The van der Waals surface area contributed by atoms with E-state index in [1.807, 2.05) is 0 Å². The third-order valence-electron chi connectivity index (χ3n) is 4.49. The van der Waals surface area contributed by atoms with Crippen molar-refractivity contribution in [1.82, 2.24) is 0 Å². The molecule has 2 rings (SSSR count). The smallest absolute Gasteiger partial charge is 0.310 e. The van der Waals surface area contributed by atoms with E-state index in [1.165, 1.54) is 6.07 Å². The van der Waals surface area contributed by atoms with Crippen LogP contribution in [-0.4, -0.2) is 19.4 Å². The molecule has 1 aliphatic rings. The zero-order valence-electron chi connectivity index (χ0n) is 15.6. The van der Waals surface area contributed by atoms with E-state index in [4.69, 9.17) is 9.53 Å². The molecule has 0 aromatic heterocycles. The van der Waals surface area contributed by atoms with Crippen molar-refractivity contribution in [2.75, 3.05) is 0 Å². The lowest BCUT2D eigenvalue weighted by Gasteiger charge is -2.35. The van der Waals surface area contributed by atoms with Gasteiger partial charge in [0.15, 0.2) is 8.32 Å². The Kier molecular flexibility index (Phi) is 4.99. The molecule has 1 fully saturated rings. The maximum Gasteiger partial charge on any atom is 0.310 e. The SMILES string of the molecule is CC(C(=O)O)c1ccc(C2(O[Si](C)(C)CC(C)(C)C)CC2)c(F)c1. The summed E-state index contributed by atoms with van der Waals surface area (Å²) in [4.78, 5) is 11.1. The summed E-state index contributed by atoms with van der Waals surface area (Å²) in [5.74, 6) is -2.01. The van der Waals surface area contributed by atoms with Crippen LogP contribution in [0.25, 0.3) is 0 Å². The van der Waals surface area contributed by atoms with E-state index in [2.05, 4.69) is 33.9 Å². The molecular weight excluding hydrogens is 323 g/mol. The standard InChI is InChI=1S/C19H29FO3Si/c1-13(17(21)22)14-7-8-15(16(20)11-14)19(9-10-19)23-24(5,6)12-18(2,3)4/h7-8,11,13H,9-10,12H2,1-6H3,(H,21,22). The highest BCUT2D eigenvalue weighted by Gasteiger charge is 2.51. The van der Waals surface area contributed by atoms with Gasteiger partial charge in [0.2, 0.25) is 0 Å². The number of hydrogen-bond acceptors (Lipinski definition) is 2. The second-order valence-electron chi connectivity index (χ2n) is 8.89. The van der Waals surface area contributed by atoms with Gasteiger partial charge in [-0.15, -0.1) is 0 Å². The highest BCUT2D eigenvalue weighted by atomic mass is 28.4. The lowest BCUT2D eigenvalue weighted by atomic mass is 9.97. The summed E-state index contributed by atoms with van der Waals surface area (Å²) in [6.07, 6.45) is 1.66. The Hall–Kier alpha value is -1.20. The molecule has 1 N–H and O–H groups in total. The van der Waals surface area contributed by atoms with Gasteiger partial charge in [-0.25, -0.2) is 4.39 Å². The minimum atomic E-state index is -1.93. The van der Waals surface area contributed by atoms with Crippen molar-refractivity contribution < 1.29 is 18.7 Å². The molecule has 134 valence electrons. The van der Waals surface area contributed by atoms with Crippen molar-refractivity contribution >= 4 is 14.3 Å². The van der Waals surface area contributed by atoms with Crippen LogP contribution in [0.15, 0.2) is 18.2 Å². The molecular formula is C19H29FO3Si. The summed E-state index contributed by atoms with van der Waals surface area (Å²) in [6.45, 7) is 12.6. The van der Waals surface area contributed by atoms with Gasteiger partial charge in [0.05, 0.1) is 11.5 Å². The fraction of sp³-hybridized carbons (Fsp3) is 0.632. The maximum absolute atomic E-state index is 14.7. The number of hydrogen-bond donors (Lipinski definition) is 1. The minimum absolute atomic E-state index is 0.186. The monoisotopic (exact) mass is 352 g/mol. The molecule has 1 aromatic rings. The topological polar surface area (TPSA) is 46.5 Å². The number of benzene rings is 1. The van der Waals surface area contributed by atoms with Gasteiger partial charge in [0.25, 0.3) is 0 Å². The predicted octanol–water partition coefficient (Wildman–Crippen LogP) is 5.27. The molecule has 3 nitrogen and oxygen atoms in total. The third kappa shape index (κ3) is 4.45. The zero-order chi connectivity index (χ0) is 18.3. The average Bonchev–Trinajstić information content (AvgIpc) is 3.14. The Morgan fingerprint density at radius 1 is 1.38 bits per heavy atom. The Morgan fingerprint density at radius 2 is 1.96 bits per heavy atom. The quantitative estimate of drug-likeness (QED) is 0.709. The predicted molar refractivity (Wildman–Crippen MR) is 96.2 cm³/mol. The van der Waals surface area contributed by atoms with Crippen molar-refractivity contribution in [1.29, 1.82) is 0 Å². The molecule has 0 amide bonds. The van der Waals surface area contributed by atoms with E-state index >= 15 is 0 Å². The van der Waals surface area contributed by atoms with Gasteiger partial charge in [-0.2, -0.15) is 0 Å². The number of rotatable bonds is 6. The van der Waals surface area contributed by atoms with Crippen LogP contribution in [0, 0.1) is 11.2 Å². The number of carboxylic acids is 1. The molecule has 24 heavy (non-hydrogen) atoms. The van der Waals surface area contributed by atoms with Gasteiger partial charge >= 0.3 is 5.97 Å². The average molecular weight is 353 g/mol. The fourth-order valence-electron chi connectivity index (χ4n) is 3.69. The fourth-order valence-corrected chi connectivity index (χ4v) is 7.69. The molecule has 5 heteroatoms. The molecule has 0 aliphatic heterocycles. The van der Waals surface area contributed by atoms with Crippen molar-refractivity contribution in [3.63, 3.8) is 0 Å². The summed E-state index contributed by atoms with van der Waals surface area (Å²) in [6, 6.07) is 5.81. The maximum atomic E-state index is 14.7. The molecule has 1 atom stereocenters. The summed E-state index contributed by atoms with van der Waals surface area (Å²) in [7, 11) is -1.93. The number of carboxylic acid groups (broad SMARTS) is 1. The van der Waals surface area contributed by atoms with Gasteiger partial charge < -0.3 is 9.53 Å². The van der Waals surface area contributed by atoms with Gasteiger partial charge in [-0.05, 0) is 55.9 Å². The minimum Gasteiger partial charge on any atom is -0.481 e. The van der Waals surface area contributed by atoms with Gasteiger partial charge in [-0.3, -0.25) is 4.79 Å². The van der Waals surface area contributed by atoms with Gasteiger partial charge in [0.1, 0.15) is 5.82 Å². The Balaban J connectivity index is 2.23. The lowest BCUT2D eigenvalue weighted by molar-refractivity contribution is -0.138. The van der Waals surface area contributed by atoms with E-state index in [-0.39, 0.29) is 11.2 Å². The molecule has 1 aliphatic carbocycles. The van der Waals surface area contributed by atoms with E-state index in [0.29, 0.717) is 11.1 Å². The summed E-state index contributed by atoms with van der Waals surface area (Å²) >= 11 is 0.